The lowest BCUT2D eigenvalue weighted by Gasteiger charge is -2.12. The maximum Gasteiger partial charge on any atom is 0.345 e. The maximum atomic E-state index is 13.1. The van der Waals surface area contributed by atoms with Crippen molar-refractivity contribution in [1.29, 1.82) is 0 Å². The number of methoxy groups -OCH3 is 3. The fraction of sp³-hybridized carbons (Fsp3) is 0.158. The van der Waals surface area contributed by atoms with Gasteiger partial charge >= 0.3 is 5.97 Å². The van der Waals surface area contributed by atoms with Crippen molar-refractivity contribution >= 4 is 45.1 Å². The van der Waals surface area contributed by atoms with Crippen LogP contribution in [0.25, 0.3) is 11.3 Å². The summed E-state index contributed by atoms with van der Waals surface area (Å²) in [6.07, 6.45) is 0. The molecule has 0 aliphatic rings. The molecule has 3 aromatic rings. The van der Waals surface area contributed by atoms with Crippen molar-refractivity contribution in [1.82, 2.24) is 5.16 Å². The van der Waals surface area contributed by atoms with E-state index in [1.807, 2.05) is 0 Å². The molecule has 12 heteroatoms. The van der Waals surface area contributed by atoms with Crippen LogP contribution in [-0.2, 0) is 14.8 Å². The highest BCUT2D eigenvalue weighted by Crippen LogP contribution is 2.39. The molecule has 0 saturated heterocycles. The first-order chi connectivity index (χ1) is 14.7. The molecule has 0 radical (unpaired) electrons. The van der Waals surface area contributed by atoms with Gasteiger partial charge in [0.05, 0.1) is 31.4 Å². The second-order valence-electron chi connectivity index (χ2n) is 5.95. The predicted molar refractivity (Wildman–Crippen MR) is 114 cm³/mol. The second-order valence-corrected chi connectivity index (χ2v) is 8.41. The molecular formula is C19H16Cl2N2O7S. The highest BCUT2D eigenvalue weighted by atomic mass is 35.5. The normalized spacial score (nSPS) is 11.1. The van der Waals surface area contributed by atoms with Crippen molar-refractivity contribution in [2.75, 3.05) is 26.1 Å². The number of sulfonamides is 1. The lowest BCUT2D eigenvalue weighted by atomic mass is 10.1. The third kappa shape index (κ3) is 4.41. The van der Waals surface area contributed by atoms with Crippen LogP contribution in [0.15, 0.2) is 45.8 Å². The SMILES string of the molecule is COC(=O)c1c(-c2c(Cl)cccc2Cl)noc1NS(=O)(=O)c1cc(OC)ccc1OC. The van der Waals surface area contributed by atoms with Gasteiger partial charge in [0.1, 0.15) is 22.1 Å². The summed E-state index contributed by atoms with van der Waals surface area (Å²) in [5.74, 6) is -1.08. The van der Waals surface area contributed by atoms with Gasteiger partial charge in [-0.25, -0.2) is 17.9 Å². The minimum atomic E-state index is -4.30. The van der Waals surface area contributed by atoms with Gasteiger partial charge in [-0.05, 0) is 24.3 Å². The summed E-state index contributed by atoms with van der Waals surface area (Å²) in [5, 5.41) is 4.16. The van der Waals surface area contributed by atoms with Crippen molar-refractivity contribution < 1.29 is 31.9 Å². The Balaban J connectivity index is 2.15. The Labute approximate surface area is 187 Å². The van der Waals surface area contributed by atoms with Gasteiger partial charge in [-0.2, -0.15) is 0 Å². The molecule has 3 rings (SSSR count). The molecule has 31 heavy (non-hydrogen) atoms. The summed E-state index contributed by atoms with van der Waals surface area (Å²) < 4.78 is 48.4. The first-order valence-electron chi connectivity index (χ1n) is 8.50. The number of hydrogen-bond acceptors (Lipinski definition) is 8. The van der Waals surface area contributed by atoms with E-state index < -0.39 is 21.9 Å². The number of rotatable bonds is 7. The molecule has 0 unspecified atom stereocenters. The fourth-order valence-electron chi connectivity index (χ4n) is 2.72. The molecule has 2 aromatic carbocycles. The van der Waals surface area contributed by atoms with Crippen molar-refractivity contribution in [3.63, 3.8) is 0 Å². The maximum absolute atomic E-state index is 13.1. The molecule has 0 fully saturated rings. The van der Waals surface area contributed by atoms with Gasteiger partial charge in [0, 0.05) is 11.6 Å². The highest BCUT2D eigenvalue weighted by molar-refractivity contribution is 7.92. The first-order valence-corrected chi connectivity index (χ1v) is 10.7. The van der Waals surface area contributed by atoms with E-state index in [0.717, 1.165) is 7.11 Å². The number of esters is 1. The van der Waals surface area contributed by atoms with Crippen molar-refractivity contribution in [2.45, 2.75) is 4.90 Å². The van der Waals surface area contributed by atoms with Crippen LogP contribution >= 0.6 is 23.2 Å². The number of ether oxygens (including phenoxy) is 3. The van der Waals surface area contributed by atoms with Crippen LogP contribution < -0.4 is 14.2 Å². The summed E-state index contributed by atoms with van der Waals surface area (Å²) in [6.45, 7) is 0. The number of nitrogens with zero attached hydrogens (tertiary/aromatic N) is 1. The molecule has 0 aliphatic heterocycles. The van der Waals surface area contributed by atoms with E-state index in [1.54, 1.807) is 6.07 Å². The largest absolute Gasteiger partial charge is 0.497 e. The van der Waals surface area contributed by atoms with Gasteiger partial charge in [-0.1, -0.05) is 34.4 Å². The summed E-state index contributed by atoms with van der Waals surface area (Å²) >= 11 is 12.4. The summed E-state index contributed by atoms with van der Waals surface area (Å²) in [7, 11) is -0.485. The summed E-state index contributed by atoms with van der Waals surface area (Å²) in [6, 6.07) is 8.87. The number of hydrogen-bond donors (Lipinski definition) is 1. The highest BCUT2D eigenvalue weighted by Gasteiger charge is 2.31. The van der Waals surface area contributed by atoms with E-state index in [1.165, 1.54) is 44.6 Å². The minimum Gasteiger partial charge on any atom is -0.497 e. The topological polar surface area (TPSA) is 117 Å². The summed E-state index contributed by atoms with van der Waals surface area (Å²) in [5.41, 5.74) is -0.208. The minimum absolute atomic E-state index is 0.0433. The molecule has 0 saturated carbocycles. The van der Waals surface area contributed by atoms with Gasteiger partial charge in [-0.15, -0.1) is 0 Å². The number of anilines is 1. The lowest BCUT2D eigenvalue weighted by molar-refractivity contribution is 0.0602. The third-order valence-corrected chi connectivity index (χ3v) is 6.15. The third-order valence-electron chi connectivity index (χ3n) is 4.17. The number of aromatic nitrogens is 1. The summed E-state index contributed by atoms with van der Waals surface area (Å²) in [4.78, 5) is 12.2. The second kappa shape index (κ2) is 9.04. The molecule has 0 bridgehead atoms. The van der Waals surface area contributed by atoms with E-state index in [2.05, 4.69) is 9.88 Å². The average molecular weight is 487 g/mol. The van der Waals surface area contributed by atoms with Crippen LogP contribution in [0, 0.1) is 0 Å². The molecule has 164 valence electrons. The Morgan fingerprint density at radius 3 is 2.32 bits per heavy atom. The van der Waals surface area contributed by atoms with E-state index >= 15 is 0 Å². The van der Waals surface area contributed by atoms with E-state index in [-0.39, 0.29) is 43.3 Å². The number of carbonyl (C=O) groups excluding carboxylic acids is 1. The van der Waals surface area contributed by atoms with Crippen LogP contribution in [-0.4, -0.2) is 40.9 Å². The van der Waals surface area contributed by atoms with Crippen LogP contribution in [0.5, 0.6) is 11.5 Å². The van der Waals surface area contributed by atoms with Crippen molar-refractivity contribution in [2.24, 2.45) is 0 Å². The molecule has 0 spiro atoms. The van der Waals surface area contributed by atoms with E-state index in [9.17, 15) is 13.2 Å². The zero-order valence-electron chi connectivity index (χ0n) is 16.4. The molecule has 0 atom stereocenters. The number of benzene rings is 2. The lowest BCUT2D eigenvalue weighted by Crippen LogP contribution is -2.16. The molecule has 0 aliphatic carbocycles. The first kappa shape index (κ1) is 22.7. The molecule has 1 aromatic heterocycles. The Bertz CT molecular complexity index is 1220. The Hall–Kier alpha value is -2.95. The van der Waals surface area contributed by atoms with Crippen molar-refractivity contribution in [3.8, 4) is 22.8 Å². The fourth-order valence-corrected chi connectivity index (χ4v) is 4.47. The molecule has 1 heterocycles. The number of carbonyl (C=O) groups is 1. The quantitative estimate of drug-likeness (QED) is 0.492. The Morgan fingerprint density at radius 1 is 1.06 bits per heavy atom. The monoisotopic (exact) mass is 486 g/mol. The molecular weight excluding hydrogens is 471 g/mol. The average Bonchev–Trinajstić information content (AvgIpc) is 3.14. The Morgan fingerprint density at radius 2 is 1.74 bits per heavy atom. The van der Waals surface area contributed by atoms with E-state index in [0.29, 0.717) is 0 Å². The van der Waals surface area contributed by atoms with Crippen LogP contribution in [0.1, 0.15) is 10.4 Å². The number of halogens is 2. The smallest absolute Gasteiger partial charge is 0.345 e. The van der Waals surface area contributed by atoms with Crippen LogP contribution in [0.4, 0.5) is 5.88 Å². The van der Waals surface area contributed by atoms with Crippen LogP contribution in [0.3, 0.4) is 0 Å². The van der Waals surface area contributed by atoms with Gasteiger partial charge in [0.25, 0.3) is 15.9 Å². The zero-order chi connectivity index (χ0) is 22.8. The van der Waals surface area contributed by atoms with Crippen LogP contribution in [0.2, 0.25) is 10.0 Å². The molecule has 0 amide bonds. The van der Waals surface area contributed by atoms with Crippen molar-refractivity contribution in [3.05, 3.63) is 52.0 Å². The van der Waals surface area contributed by atoms with Gasteiger partial charge in [0.15, 0.2) is 5.56 Å². The van der Waals surface area contributed by atoms with Gasteiger partial charge in [0.2, 0.25) is 0 Å². The zero-order valence-corrected chi connectivity index (χ0v) is 18.8. The Kier molecular flexibility index (Phi) is 6.63. The van der Waals surface area contributed by atoms with E-state index in [4.69, 9.17) is 41.9 Å². The molecule has 9 nitrogen and oxygen atoms in total. The van der Waals surface area contributed by atoms with Gasteiger partial charge < -0.3 is 18.7 Å². The van der Waals surface area contributed by atoms with Gasteiger partial charge in [-0.3, -0.25) is 0 Å². The number of nitrogens with one attached hydrogen (secondary N) is 1. The predicted octanol–water partition coefficient (Wildman–Crippen LogP) is 4.25. The molecule has 1 N–H and O–H groups in total. The standard InChI is InChI=1S/C19H16Cl2N2O7S/c1-27-10-7-8-13(28-2)14(9-10)31(25,26)23-18-16(19(24)29-3)17(22-30-18)15-11(20)5-4-6-12(15)21/h4-9,23H,1-3H3.